The number of nitrogens with one attached hydrogen (secondary N) is 1. The van der Waals surface area contributed by atoms with Crippen LogP contribution in [0.25, 0.3) is 0 Å². The Balaban J connectivity index is 2.20. The maximum atomic E-state index is 11.5. The molecule has 0 heterocycles. The summed E-state index contributed by atoms with van der Waals surface area (Å²) in [6.07, 6.45) is 1.04. The van der Waals surface area contributed by atoms with E-state index < -0.39 is 0 Å². The molecule has 0 aliphatic heterocycles. The van der Waals surface area contributed by atoms with Crippen molar-refractivity contribution in [3.05, 3.63) is 0 Å². The zero-order chi connectivity index (χ0) is 10.1. The Morgan fingerprint density at radius 1 is 1.69 bits per heavy atom. The fourth-order valence-corrected chi connectivity index (χ4v) is 1.60. The molecule has 1 N–H and O–H groups in total. The van der Waals surface area contributed by atoms with Crippen molar-refractivity contribution in [2.24, 2.45) is 17.3 Å². The Hall–Kier alpha value is -0.0500. The third kappa shape index (κ3) is 2.97. The molecule has 13 heavy (non-hydrogen) atoms. The van der Waals surface area contributed by atoms with Gasteiger partial charge < -0.3 is 5.32 Å². The minimum absolute atomic E-state index is 0.234. The second kappa shape index (κ2) is 3.99. The van der Waals surface area contributed by atoms with E-state index in [-0.39, 0.29) is 17.2 Å². The molecular formula is C10H18BrNO. The number of rotatable bonds is 4. The van der Waals surface area contributed by atoms with Crippen LogP contribution >= 0.6 is 15.9 Å². The smallest absolute Gasteiger partial charge is 0.223 e. The second-order valence-corrected chi connectivity index (χ2v) is 5.40. The molecule has 1 rings (SSSR count). The van der Waals surface area contributed by atoms with Crippen LogP contribution in [0.2, 0.25) is 0 Å². The molecule has 2 atom stereocenters. The van der Waals surface area contributed by atoms with Gasteiger partial charge in [0.1, 0.15) is 0 Å². The van der Waals surface area contributed by atoms with Crippen molar-refractivity contribution in [3.8, 4) is 0 Å². The molecule has 0 bridgehead atoms. The lowest BCUT2D eigenvalue weighted by Gasteiger charge is -2.10. The van der Waals surface area contributed by atoms with E-state index in [0.29, 0.717) is 5.92 Å². The molecule has 1 saturated carbocycles. The van der Waals surface area contributed by atoms with Crippen LogP contribution in [0, 0.1) is 17.3 Å². The maximum absolute atomic E-state index is 11.5. The van der Waals surface area contributed by atoms with Crippen LogP contribution in [0.5, 0.6) is 0 Å². The highest BCUT2D eigenvalue weighted by atomic mass is 79.9. The van der Waals surface area contributed by atoms with Gasteiger partial charge in [-0.1, -0.05) is 36.7 Å². The minimum Gasteiger partial charge on any atom is -0.356 e. The number of carbonyl (C=O) groups excluding carboxylic acids is 1. The van der Waals surface area contributed by atoms with Crippen molar-refractivity contribution in [1.29, 1.82) is 0 Å². The van der Waals surface area contributed by atoms with E-state index in [4.69, 9.17) is 0 Å². The standard InChI is InChI=1S/C10H18BrNO/c1-7(5-11)6-12-9(13)8-4-10(8,2)3/h7-8H,4-6H2,1-3H3,(H,12,13). The van der Waals surface area contributed by atoms with Crippen LogP contribution in [-0.2, 0) is 4.79 Å². The van der Waals surface area contributed by atoms with E-state index in [0.717, 1.165) is 18.3 Å². The highest BCUT2D eigenvalue weighted by Crippen LogP contribution is 2.51. The van der Waals surface area contributed by atoms with Crippen LogP contribution in [0.15, 0.2) is 0 Å². The van der Waals surface area contributed by atoms with Crippen molar-refractivity contribution in [2.75, 3.05) is 11.9 Å². The summed E-state index contributed by atoms with van der Waals surface area (Å²) in [6.45, 7) is 7.19. The van der Waals surface area contributed by atoms with Crippen molar-refractivity contribution < 1.29 is 4.79 Å². The van der Waals surface area contributed by atoms with Gasteiger partial charge in [0, 0.05) is 17.8 Å². The highest BCUT2D eigenvalue weighted by molar-refractivity contribution is 9.09. The molecule has 0 radical (unpaired) electrons. The summed E-state index contributed by atoms with van der Waals surface area (Å²) in [5, 5.41) is 3.93. The van der Waals surface area contributed by atoms with Crippen LogP contribution in [0.4, 0.5) is 0 Å². The highest BCUT2D eigenvalue weighted by Gasteiger charge is 2.50. The van der Waals surface area contributed by atoms with Gasteiger partial charge in [0.05, 0.1) is 0 Å². The number of alkyl halides is 1. The van der Waals surface area contributed by atoms with E-state index in [1.807, 2.05) is 0 Å². The van der Waals surface area contributed by atoms with Crippen molar-refractivity contribution in [3.63, 3.8) is 0 Å². The summed E-state index contributed by atoms with van der Waals surface area (Å²) in [5.41, 5.74) is 0.252. The molecule has 1 fully saturated rings. The molecule has 0 aromatic rings. The third-order valence-electron chi connectivity index (χ3n) is 2.72. The second-order valence-electron chi connectivity index (χ2n) is 4.75. The van der Waals surface area contributed by atoms with Crippen molar-refractivity contribution >= 4 is 21.8 Å². The monoisotopic (exact) mass is 247 g/mol. The Kier molecular flexibility index (Phi) is 3.38. The van der Waals surface area contributed by atoms with Gasteiger partial charge in [-0.05, 0) is 17.8 Å². The van der Waals surface area contributed by atoms with Gasteiger partial charge in [-0.2, -0.15) is 0 Å². The summed E-state index contributed by atoms with van der Waals surface area (Å²) in [5.74, 6) is 1.01. The van der Waals surface area contributed by atoms with Crippen molar-refractivity contribution in [2.45, 2.75) is 27.2 Å². The number of carbonyl (C=O) groups is 1. The number of amides is 1. The summed E-state index contributed by atoms with van der Waals surface area (Å²) in [7, 11) is 0. The predicted molar refractivity (Wildman–Crippen MR) is 57.9 cm³/mol. The van der Waals surface area contributed by atoms with Gasteiger partial charge in [-0.15, -0.1) is 0 Å². The molecule has 1 aliphatic rings. The molecule has 2 unspecified atom stereocenters. The van der Waals surface area contributed by atoms with Crippen LogP contribution in [-0.4, -0.2) is 17.8 Å². The Labute approximate surface area is 88.6 Å². The maximum Gasteiger partial charge on any atom is 0.223 e. The van der Waals surface area contributed by atoms with E-state index in [2.05, 4.69) is 42.0 Å². The molecule has 0 spiro atoms. The zero-order valence-electron chi connectivity index (χ0n) is 8.56. The third-order valence-corrected chi connectivity index (χ3v) is 3.82. The van der Waals surface area contributed by atoms with E-state index in [9.17, 15) is 4.79 Å². The van der Waals surface area contributed by atoms with Crippen LogP contribution in [0.1, 0.15) is 27.2 Å². The number of halogens is 1. The minimum atomic E-state index is 0.234. The van der Waals surface area contributed by atoms with Gasteiger partial charge in [0.25, 0.3) is 0 Å². The van der Waals surface area contributed by atoms with Gasteiger partial charge in [-0.25, -0.2) is 0 Å². The van der Waals surface area contributed by atoms with Crippen LogP contribution in [0.3, 0.4) is 0 Å². The molecule has 1 aliphatic carbocycles. The molecule has 1 amide bonds. The van der Waals surface area contributed by atoms with Gasteiger partial charge in [0.15, 0.2) is 0 Å². The average Bonchev–Trinajstić information content (AvgIpc) is 2.70. The average molecular weight is 248 g/mol. The predicted octanol–water partition coefficient (Wildman–Crippen LogP) is 2.18. The molecule has 0 saturated heterocycles. The molecule has 2 nitrogen and oxygen atoms in total. The lowest BCUT2D eigenvalue weighted by molar-refractivity contribution is -0.123. The Morgan fingerprint density at radius 3 is 2.62 bits per heavy atom. The van der Waals surface area contributed by atoms with E-state index in [1.165, 1.54) is 0 Å². The molecule has 3 heteroatoms. The SMILES string of the molecule is CC(CBr)CNC(=O)C1CC1(C)C. The van der Waals surface area contributed by atoms with Crippen molar-refractivity contribution in [1.82, 2.24) is 5.32 Å². The topological polar surface area (TPSA) is 29.1 Å². The number of hydrogen-bond acceptors (Lipinski definition) is 1. The van der Waals surface area contributed by atoms with Gasteiger partial charge in [-0.3, -0.25) is 4.79 Å². The molecule has 0 aromatic heterocycles. The lowest BCUT2D eigenvalue weighted by atomic mass is 10.1. The fourth-order valence-electron chi connectivity index (χ4n) is 1.37. The Bertz CT molecular complexity index is 203. The first kappa shape index (κ1) is 11.0. The summed E-state index contributed by atoms with van der Waals surface area (Å²) in [6, 6.07) is 0. The first-order chi connectivity index (χ1) is 5.97. The first-order valence-electron chi connectivity index (χ1n) is 4.81. The fraction of sp³-hybridized carbons (Fsp3) is 0.900. The summed E-state index contributed by atoms with van der Waals surface area (Å²) >= 11 is 3.39. The van der Waals surface area contributed by atoms with Gasteiger partial charge in [0.2, 0.25) is 5.91 Å². The quantitative estimate of drug-likeness (QED) is 0.759. The molecule has 0 aromatic carbocycles. The van der Waals surface area contributed by atoms with Gasteiger partial charge >= 0.3 is 0 Å². The van der Waals surface area contributed by atoms with E-state index >= 15 is 0 Å². The lowest BCUT2D eigenvalue weighted by Crippen LogP contribution is -2.31. The largest absolute Gasteiger partial charge is 0.356 e. The summed E-state index contributed by atoms with van der Waals surface area (Å²) in [4.78, 5) is 11.5. The number of hydrogen-bond donors (Lipinski definition) is 1. The van der Waals surface area contributed by atoms with Crippen LogP contribution < -0.4 is 5.32 Å². The molecular weight excluding hydrogens is 230 g/mol. The molecule has 76 valence electrons. The normalized spacial score (nSPS) is 26.6. The first-order valence-corrected chi connectivity index (χ1v) is 5.93. The summed E-state index contributed by atoms with van der Waals surface area (Å²) < 4.78 is 0. The van der Waals surface area contributed by atoms with E-state index in [1.54, 1.807) is 0 Å². The Morgan fingerprint density at radius 2 is 2.23 bits per heavy atom. The zero-order valence-corrected chi connectivity index (χ0v) is 10.1.